The molecule has 0 aromatic heterocycles. The number of ketones is 1. The Hall–Kier alpha value is -2.13. The molecular formula is C18H18O3. The van der Waals surface area contributed by atoms with E-state index in [0.29, 0.717) is 17.7 Å². The van der Waals surface area contributed by atoms with E-state index in [1.807, 2.05) is 56.3 Å². The van der Waals surface area contributed by atoms with Gasteiger partial charge in [0.05, 0.1) is 5.60 Å². The lowest BCUT2D eigenvalue weighted by Gasteiger charge is -2.06. The second-order valence-electron chi connectivity index (χ2n) is 5.74. The summed E-state index contributed by atoms with van der Waals surface area (Å²) < 4.78 is 11.1. The van der Waals surface area contributed by atoms with Crippen molar-refractivity contribution >= 4 is 5.78 Å². The summed E-state index contributed by atoms with van der Waals surface area (Å²) in [5, 5.41) is 0. The van der Waals surface area contributed by atoms with Crippen molar-refractivity contribution in [1.29, 1.82) is 0 Å². The Balaban J connectivity index is 1.63. The van der Waals surface area contributed by atoms with Gasteiger partial charge in [0.25, 0.3) is 0 Å². The van der Waals surface area contributed by atoms with Crippen LogP contribution in [0.4, 0.5) is 0 Å². The lowest BCUT2D eigenvalue weighted by Crippen LogP contribution is -2.12. The van der Waals surface area contributed by atoms with Gasteiger partial charge in [-0.25, -0.2) is 0 Å². The highest BCUT2D eigenvalue weighted by Gasteiger charge is 2.48. The first-order chi connectivity index (χ1) is 10.1. The van der Waals surface area contributed by atoms with Crippen molar-refractivity contribution in [3.05, 3.63) is 65.7 Å². The second kappa shape index (κ2) is 5.34. The largest absolute Gasteiger partial charge is 0.491 e. The summed E-state index contributed by atoms with van der Waals surface area (Å²) in [4.78, 5) is 12.3. The summed E-state index contributed by atoms with van der Waals surface area (Å²) >= 11 is 0. The van der Waals surface area contributed by atoms with Gasteiger partial charge in [0, 0.05) is 11.1 Å². The monoisotopic (exact) mass is 282 g/mol. The van der Waals surface area contributed by atoms with Crippen molar-refractivity contribution in [2.75, 3.05) is 6.61 Å². The molecule has 0 bridgehead atoms. The molecule has 0 aliphatic carbocycles. The highest BCUT2D eigenvalue weighted by Crippen LogP contribution is 2.35. The Morgan fingerprint density at radius 3 is 2.19 bits per heavy atom. The van der Waals surface area contributed by atoms with Crippen LogP contribution >= 0.6 is 0 Å². The third kappa shape index (κ3) is 3.14. The van der Waals surface area contributed by atoms with E-state index in [4.69, 9.17) is 9.47 Å². The fourth-order valence-electron chi connectivity index (χ4n) is 2.20. The number of hydrogen-bond donors (Lipinski definition) is 0. The predicted molar refractivity (Wildman–Crippen MR) is 80.8 cm³/mol. The highest BCUT2D eigenvalue weighted by atomic mass is 16.6. The van der Waals surface area contributed by atoms with Gasteiger partial charge in [0.1, 0.15) is 18.5 Å². The molecule has 1 aliphatic heterocycles. The average Bonchev–Trinajstić information content (AvgIpc) is 3.13. The van der Waals surface area contributed by atoms with Crippen LogP contribution in [0.5, 0.6) is 5.75 Å². The molecule has 3 nitrogen and oxygen atoms in total. The Kier molecular flexibility index (Phi) is 3.52. The van der Waals surface area contributed by atoms with E-state index in [-0.39, 0.29) is 17.5 Å². The summed E-state index contributed by atoms with van der Waals surface area (Å²) in [5.74, 6) is 0.778. The maximum Gasteiger partial charge on any atom is 0.193 e. The fourth-order valence-corrected chi connectivity index (χ4v) is 2.20. The Labute approximate surface area is 124 Å². The minimum atomic E-state index is -0.0663. The molecule has 0 spiro atoms. The van der Waals surface area contributed by atoms with Crippen LogP contribution in [-0.4, -0.2) is 24.1 Å². The first-order valence-corrected chi connectivity index (χ1v) is 7.07. The zero-order chi connectivity index (χ0) is 14.9. The fraction of sp³-hybridized carbons (Fsp3) is 0.278. The SMILES string of the molecule is CC1(C)OC1COc1ccc(C(=O)c2ccccc2)cc1. The van der Waals surface area contributed by atoms with E-state index >= 15 is 0 Å². The quantitative estimate of drug-likeness (QED) is 0.622. The van der Waals surface area contributed by atoms with Gasteiger partial charge in [-0.3, -0.25) is 4.79 Å². The third-order valence-corrected chi connectivity index (χ3v) is 3.72. The zero-order valence-electron chi connectivity index (χ0n) is 12.2. The smallest absolute Gasteiger partial charge is 0.193 e. The summed E-state index contributed by atoms with van der Waals surface area (Å²) in [6.45, 7) is 4.63. The lowest BCUT2D eigenvalue weighted by atomic mass is 10.0. The topological polar surface area (TPSA) is 38.8 Å². The van der Waals surface area contributed by atoms with E-state index in [1.54, 1.807) is 12.1 Å². The van der Waals surface area contributed by atoms with Crippen molar-refractivity contribution in [2.24, 2.45) is 0 Å². The van der Waals surface area contributed by atoms with Crippen LogP contribution in [0.15, 0.2) is 54.6 Å². The number of ether oxygens (including phenoxy) is 2. The molecule has 0 amide bonds. The van der Waals surface area contributed by atoms with Gasteiger partial charge < -0.3 is 9.47 Å². The van der Waals surface area contributed by atoms with Gasteiger partial charge in [0.2, 0.25) is 0 Å². The number of epoxide rings is 1. The summed E-state index contributed by atoms with van der Waals surface area (Å²) in [6.07, 6.45) is 0.156. The molecule has 21 heavy (non-hydrogen) atoms. The molecule has 0 radical (unpaired) electrons. The van der Waals surface area contributed by atoms with Crippen molar-refractivity contribution in [2.45, 2.75) is 25.6 Å². The van der Waals surface area contributed by atoms with E-state index < -0.39 is 0 Å². The predicted octanol–water partition coefficient (Wildman–Crippen LogP) is 3.47. The number of carbonyl (C=O) groups is 1. The Morgan fingerprint density at radius 1 is 1.05 bits per heavy atom. The zero-order valence-corrected chi connectivity index (χ0v) is 12.2. The van der Waals surface area contributed by atoms with Gasteiger partial charge in [-0.15, -0.1) is 0 Å². The molecule has 1 aliphatic rings. The molecular weight excluding hydrogens is 264 g/mol. The molecule has 2 aromatic rings. The summed E-state index contributed by atoms with van der Waals surface area (Å²) in [7, 11) is 0. The van der Waals surface area contributed by atoms with Crippen LogP contribution in [0.25, 0.3) is 0 Å². The van der Waals surface area contributed by atoms with Gasteiger partial charge >= 0.3 is 0 Å². The summed E-state index contributed by atoms with van der Waals surface area (Å²) in [5.41, 5.74) is 1.29. The molecule has 1 unspecified atom stereocenters. The standard InChI is InChI=1S/C18H18O3/c1-18(2)16(21-18)12-20-15-10-8-14(9-11-15)17(19)13-6-4-3-5-7-13/h3-11,16H,12H2,1-2H3. The highest BCUT2D eigenvalue weighted by molar-refractivity contribution is 6.08. The molecule has 1 atom stereocenters. The Morgan fingerprint density at radius 2 is 1.62 bits per heavy atom. The minimum absolute atomic E-state index is 0.0220. The number of benzene rings is 2. The molecule has 3 heteroatoms. The van der Waals surface area contributed by atoms with E-state index in [1.165, 1.54) is 0 Å². The van der Waals surface area contributed by atoms with E-state index in [2.05, 4.69) is 0 Å². The van der Waals surface area contributed by atoms with Crippen molar-refractivity contribution < 1.29 is 14.3 Å². The number of rotatable bonds is 5. The molecule has 1 heterocycles. The summed E-state index contributed by atoms with van der Waals surface area (Å²) in [6, 6.07) is 16.5. The minimum Gasteiger partial charge on any atom is -0.491 e. The first kappa shape index (κ1) is 13.8. The number of carbonyl (C=O) groups excluding carboxylic acids is 1. The Bertz CT molecular complexity index is 629. The number of hydrogen-bond acceptors (Lipinski definition) is 3. The molecule has 3 rings (SSSR count). The average molecular weight is 282 g/mol. The van der Waals surface area contributed by atoms with Crippen molar-refractivity contribution in [3.8, 4) is 5.75 Å². The molecule has 1 saturated heterocycles. The van der Waals surface area contributed by atoms with Gasteiger partial charge in [-0.2, -0.15) is 0 Å². The van der Waals surface area contributed by atoms with Crippen LogP contribution < -0.4 is 4.74 Å². The first-order valence-electron chi connectivity index (χ1n) is 7.07. The lowest BCUT2D eigenvalue weighted by molar-refractivity contribution is 0.103. The maximum absolute atomic E-state index is 12.3. The van der Waals surface area contributed by atoms with Gasteiger partial charge in [0.15, 0.2) is 5.78 Å². The molecule has 0 saturated carbocycles. The van der Waals surface area contributed by atoms with Gasteiger partial charge in [-0.1, -0.05) is 30.3 Å². The van der Waals surface area contributed by atoms with Crippen LogP contribution in [0.2, 0.25) is 0 Å². The third-order valence-electron chi connectivity index (χ3n) is 3.72. The molecule has 108 valence electrons. The normalized spacial score (nSPS) is 19.0. The van der Waals surface area contributed by atoms with Crippen molar-refractivity contribution in [3.63, 3.8) is 0 Å². The van der Waals surface area contributed by atoms with Crippen molar-refractivity contribution in [1.82, 2.24) is 0 Å². The van der Waals surface area contributed by atoms with Gasteiger partial charge in [-0.05, 0) is 38.1 Å². The second-order valence-corrected chi connectivity index (χ2v) is 5.74. The van der Waals surface area contributed by atoms with Crippen LogP contribution in [0, 0.1) is 0 Å². The van der Waals surface area contributed by atoms with Crippen LogP contribution in [-0.2, 0) is 4.74 Å². The maximum atomic E-state index is 12.3. The van der Waals surface area contributed by atoms with E-state index in [9.17, 15) is 4.79 Å². The molecule has 2 aromatic carbocycles. The molecule has 1 fully saturated rings. The van der Waals surface area contributed by atoms with Crippen LogP contribution in [0.3, 0.4) is 0 Å². The van der Waals surface area contributed by atoms with Crippen LogP contribution in [0.1, 0.15) is 29.8 Å². The molecule has 0 N–H and O–H groups in total. The van der Waals surface area contributed by atoms with E-state index in [0.717, 1.165) is 5.75 Å².